The summed E-state index contributed by atoms with van der Waals surface area (Å²) >= 11 is 0. The van der Waals surface area contributed by atoms with E-state index in [-0.39, 0.29) is 0 Å². The van der Waals surface area contributed by atoms with Crippen molar-refractivity contribution in [3.05, 3.63) is 164 Å². The van der Waals surface area contributed by atoms with Crippen LogP contribution in [0.15, 0.2) is 168 Å². The molecule has 0 aliphatic carbocycles. The minimum absolute atomic E-state index is 0.569. The molecule has 49 heavy (non-hydrogen) atoms. The molecule has 0 atom stereocenters. The molecule has 10 aromatic rings. The number of hydrogen-bond acceptors (Lipinski definition) is 4. The monoisotopic (exact) mass is 625 g/mol. The van der Waals surface area contributed by atoms with Crippen molar-refractivity contribution in [2.24, 2.45) is 0 Å². The summed E-state index contributed by atoms with van der Waals surface area (Å²) in [5.74, 6) is 1.79. The third-order valence-electron chi connectivity index (χ3n) is 9.53. The Kier molecular flexibility index (Phi) is 6.15. The number of rotatable bonds is 4. The Morgan fingerprint density at radius 2 is 0.857 bits per heavy atom. The fourth-order valence-electron chi connectivity index (χ4n) is 7.19. The van der Waals surface area contributed by atoms with Crippen LogP contribution in [-0.2, 0) is 0 Å². The molecule has 8 aromatic carbocycles. The highest BCUT2D eigenvalue weighted by atomic mass is 16.3. The first-order chi connectivity index (χ1) is 24.3. The molecule has 0 saturated heterocycles. The molecule has 0 radical (unpaired) electrons. The number of furan rings is 1. The van der Waals surface area contributed by atoms with Gasteiger partial charge in [0.1, 0.15) is 11.2 Å². The van der Waals surface area contributed by atoms with Gasteiger partial charge in [-0.05, 0) is 50.2 Å². The molecule has 0 aliphatic rings. The predicted octanol–water partition coefficient (Wildman–Crippen LogP) is 11.9. The molecule has 0 amide bonds. The number of nitrogens with zero attached hydrogens (tertiary/aromatic N) is 3. The third kappa shape index (κ3) is 4.49. The van der Waals surface area contributed by atoms with Crippen LogP contribution in [0.5, 0.6) is 0 Å². The fourth-order valence-corrected chi connectivity index (χ4v) is 7.19. The SMILES string of the molecule is c1ccc2c(-c3ccc(-c4nc(-c5cccc6c5oc5ccccc56)nc(-c5cccc6ccc7ccccc7c56)n4)cc3)cccc2c1. The second-order valence-electron chi connectivity index (χ2n) is 12.4. The van der Waals surface area contributed by atoms with Gasteiger partial charge in [-0.2, -0.15) is 0 Å². The van der Waals surface area contributed by atoms with E-state index in [2.05, 4.69) is 133 Å². The average molecular weight is 626 g/mol. The number of hydrogen-bond donors (Lipinski definition) is 0. The molecule has 2 aromatic heterocycles. The van der Waals surface area contributed by atoms with E-state index >= 15 is 0 Å². The first-order valence-electron chi connectivity index (χ1n) is 16.4. The zero-order valence-corrected chi connectivity index (χ0v) is 26.3. The van der Waals surface area contributed by atoms with E-state index in [1.165, 1.54) is 21.7 Å². The molecule has 4 nitrogen and oxygen atoms in total. The van der Waals surface area contributed by atoms with E-state index in [0.717, 1.165) is 60.4 Å². The molecule has 4 heteroatoms. The van der Waals surface area contributed by atoms with Crippen LogP contribution in [0.1, 0.15) is 0 Å². The van der Waals surface area contributed by atoms with Crippen molar-refractivity contribution in [2.45, 2.75) is 0 Å². The zero-order valence-electron chi connectivity index (χ0n) is 26.3. The molecule has 228 valence electrons. The summed E-state index contributed by atoms with van der Waals surface area (Å²) in [6.07, 6.45) is 0. The van der Waals surface area contributed by atoms with Crippen LogP contribution >= 0.6 is 0 Å². The summed E-state index contributed by atoms with van der Waals surface area (Å²) in [5.41, 5.74) is 6.64. The van der Waals surface area contributed by atoms with E-state index in [9.17, 15) is 0 Å². The Hall–Kier alpha value is -6.65. The largest absolute Gasteiger partial charge is 0.455 e. The minimum atomic E-state index is 0.569. The second kappa shape index (κ2) is 11.0. The fraction of sp³-hybridized carbons (Fsp3) is 0. The van der Waals surface area contributed by atoms with Crippen LogP contribution in [0.2, 0.25) is 0 Å². The standard InChI is InChI=1S/C45H27N3O/c1-3-14-33-28(10-1)12-7-17-34(33)30-23-26-32(27-24-30)43-46-44(38-19-8-13-31-25-22-29-11-2-4-15-35(29)41(31)38)48-45(47-43)39-20-9-18-37-36-16-5-6-21-40(36)49-42(37)39/h1-27H. The molecule has 0 unspecified atom stereocenters. The van der Waals surface area contributed by atoms with Crippen molar-refractivity contribution in [3.8, 4) is 45.3 Å². The van der Waals surface area contributed by atoms with Crippen LogP contribution in [0.25, 0.3) is 99.5 Å². The number of para-hydroxylation sites is 2. The molecule has 0 fully saturated rings. The maximum absolute atomic E-state index is 6.46. The maximum atomic E-state index is 6.46. The van der Waals surface area contributed by atoms with Gasteiger partial charge in [0.15, 0.2) is 17.5 Å². The Morgan fingerprint density at radius 3 is 1.69 bits per heavy atom. The highest BCUT2D eigenvalue weighted by Gasteiger charge is 2.19. The van der Waals surface area contributed by atoms with Gasteiger partial charge < -0.3 is 4.42 Å². The van der Waals surface area contributed by atoms with Crippen molar-refractivity contribution >= 4 is 54.3 Å². The first-order valence-corrected chi connectivity index (χ1v) is 16.4. The summed E-state index contributed by atoms with van der Waals surface area (Å²) in [6.45, 7) is 0. The van der Waals surface area contributed by atoms with Crippen molar-refractivity contribution in [1.82, 2.24) is 15.0 Å². The normalized spacial score (nSPS) is 11.7. The van der Waals surface area contributed by atoms with E-state index in [1.807, 2.05) is 30.3 Å². The lowest BCUT2D eigenvalue weighted by atomic mass is 9.97. The molecule has 2 heterocycles. The van der Waals surface area contributed by atoms with Crippen LogP contribution in [0.4, 0.5) is 0 Å². The van der Waals surface area contributed by atoms with Gasteiger partial charge in [-0.1, -0.05) is 152 Å². The van der Waals surface area contributed by atoms with Crippen LogP contribution in [0, 0.1) is 0 Å². The van der Waals surface area contributed by atoms with Crippen LogP contribution in [-0.4, -0.2) is 15.0 Å². The van der Waals surface area contributed by atoms with Crippen molar-refractivity contribution in [1.29, 1.82) is 0 Å². The smallest absolute Gasteiger partial charge is 0.167 e. The minimum Gasteiger partial charge on any atom is -0.455 e. The van der Waals surface area contributed by atoms with E-state index < -0.39 is 0 Å². The van der Waals surface area contributed by atoms with Crippen molar-refractivity contribution in [2.75, 3.05) is 0 Å². The lowest BCUT2D eigenvalue weighted by Crippen LogP contribution is -2.01. The summed E-state index contributed by atoms with van der Waals surface area (Å²) in [4.78, 5) is 15.5. The Morgan fingerprint density at radius 1 is 0.327 bits per heavy atom. The molecule has 0 aliphatic heterocycles. The lowest BCUT2D eigenvalue weighted by Gasteiger charge is -2.12. The second-order valence-corrected chi connectivity index (χ2v) is 12.4. The third-order valence-corrected chi connectivity index (χ3v) is 9.53. The van der Waals surface area contributed by atoms with Gasteiger partial charge in [-0.25, -0.2) is 15.0 Å². The highest BCUT2D eigenvalue weighted by Crippen LogP contribution is 2.38. The van der Waals surface area contributed by atoms with Gasteiger partial charge >= 0.3 is 0 Å². The van der Waals surface area contributed by atoms with Crippen molar-refractivity contribution < 1.29 is 4.42 Å². The van der Waals surface area contributed by atoms with Gasteiger partial charge in [0, 0.05) is 27.3 Å². The molecular formula is C45H27N3O. The zero-order chi connectivity index (χ0) is 32.3. The Labute approximate surface area is 282 Å². The van der Waals surface area contributed by atoms with Gasteiger partial charge in [0.2, 0.25) is 0 Å². The summed E-state index contributed by atoms with van der Waals surface area (Å²) in [5, 5.41) is 9.15. The van der Waals surface area contributed by atoms with Crippen molar-refractivity contribution in [3.63, 3.8) is 0 Å². The quantitative estimate of drug-likeness (QED) is 0.183. The lowest BCUT2D eigenvalue weighted by molar-refractivity contribution is 0.669. The van der Waals surface area contributed by atoms with Gasteiger partial charge in [-0.15, -0.1) is 0 Å². The number of fused-ring (bicyclic) bond motifs is 7. The number of aromatic nitrogens is 3. The molecular weight excluding hydrogens is 599 g/mol. The number of benzene rings is 8. The first kappa shape index (κ1) is 27.5. The summed E-state index contributed by atoms with van der Waals surface area (Å²) in [6, 6.07) is 57.0. The van der Waals surface area contributed by atoms with Gasteiger partial charge in [0.05, 0.1) is 5.56 Å². The molecule has 0 bridgehead atoms. The van der Waals surface area contributed by atoms with Gasteiger partial charge in [-0.3, -0.25) is 0 Å². The summed E-state index contributed by atoms with van der Waals surface area (Å²) in [7, 11) is 0. The Bertz CT molecular complexity index is 2880. The Balaban J connectivity index is 1.20. The van der Waals surface area contributed by atoms with Crippen LogP contribution in [0.3, 0.4) is 0 Å². The van der Waals surface area contributed by atoms with E-state index in [4.69, 9.17) is 19.4 Å². The topological polar surface area (TPSA) is 51.8 Å². The molecule has 0 spiro atoms. The van der Waals surface area contributed by atoms with E-state index in [0.29, 0.717) is 17.5 Å². The molecule has 10 rings (SSSR count). The van der Waals surface area contributed by atoms with Gasteiger partial charge in [0.25, 0.3) is 0 Å². The molecule has 0 saturated carbocycles. The summed E-state index contributed by atoms with van der Waals surface area (Å²) < 4.78 is 6.46. The highest BCUT2D eigenvalue weighted by molar-refractivity contribution is 6.14. The van der Waals surface area contributed by atoms with E-state index in [1.54, 1.807) is 0 Å². The predicted molar refractivity (Wildman–Crippen MR) is 201 cm³/mol. The maximum Gasteiger partial charge on any atom is 0.167 e. The molecule has 0 N–H and O–H groups in total. The average Bonchev–Trinajstić information content (AvgIpc) is 3.56. The van der Waals surface area contributed by atoms with Crippen LogP contribution < -0.4 is 0 Å².